The third-order valence-electron chi connectivity index (χ3n) is 12.3. The molecule has 1 aromatic heterocycles. The van der Waals surface area contributed by atoms with Crippen molar-refractivity contribution in [2.75, 3.05) is 4.90 Å². The molecule has 1 unspecified atom stereocenters. The molecule has 0 aliphatic heterocycles. The van der Waals surface area contributed by atoms with Crippen molar-refractivity contribution in [3.63, 3.8) is 0 Å². The molecule has 284 valence electrons. The number of para-hydroxylation sites is 1. The Hall–Kier alpha value is -6.64. The second-order valence-electron chi connectivity index (χ2n) is 15.6. The van der Waals surface area contributed by atoms with E-state index in [0.29, 0.717) is 0 Å². The molecular formula is C56H49NO. The van der Waals surface area contributed by atoms with E-state index in [1.807, 2.05) is 6.08 Å². The molecule has 0 N–H and O–H groups in total. The van der Waals surface area contributed by atoms with Gasteiger partial charge in [-0.25, -0.2) is 0 Å². The van der Waals surface area contributed by atoms with E-state index in [4.69, 9.17) is 4.42 Å². The smallest absolute Gasteiger partial charge is 0.159 e. The summed E-state index contributed by atoms with van der Waals surface area (Å²) in [7, 11) is 0. The summed E-state index contributed by atoms with van der Waals surface area (Å²) in [5, 5.41) is 3.60. The van der Waals surface area contributed by atoms with Crippen LogP contribution in [0.5, 0.6) is 0 Å². The number of nitrogens with zero attached hydrogens (tertiary/aromatic N) is 1. The minimum atomic E-state index is -0.300. The lowest BCUT2D eigenvalue weighted by Gasteiger charge is -2.38. The SMILES string of the molecule is C=C/C=C\C1=C(C)C2=C(C[C@@H](C)c3c2oc2c(N(c4ccc(-c5ccccc5)cc4)c4ccc5ccccc5c4)cccc32)C1(CC/C=C\C=C/C)c1ccccc1. The van der Waals surface area contributed by atoms with Gasteiger partial charge in [0.15, 0.2) is 5.58 Å². The fourth-order valence-corrected chi connectivity index (χ4v) is 9.70. The number of hydrogen-bond donors (Lipinski definition) is 0. The molecule has 6 aromatic carbocycles. The largest absolute Gasteiger partial charge is 0.454 e. The third-order valence-corrected chi connectivity index (χ3v) is 12.3. The summed E-state index contributed by atoms with van der Waals surface area (Å²) in [6, 6.07) is 52.7. The Morgan fingerprint density at radius 1 is 0.741 bits per heavy atom. The second kappa shape index (κ2) is 15.7. The Labute approximate surface area is 343 Å². The molecule has 0 amide bonds. The first-order valence-electron chi connectivity index (χ1n) is 20.6. The lowest BCUT2D eigenvalue weighted by atomic mass is 9.64. The summed E-state index contributed by atoms with van der Waals surface area (Å²) in [5.41, 5.74) is 14.2. The molecular weight excluding hydrogens is 703 g/mol. The number of hydrogen-bond acceptors (Lipinski definition) is 2. The van der Waals surface area contributed by atoms with E-state index < -0.39 is 0 Å². The highest BCUT2D eigenvalue weighted by atomic mass is 16.3. The summed E-state index contributed by atoms with van der Waals surface area (Å²) in [4.78, 5) is 2.37. The van der Waals surface area contributed by atoms with Crippen LogP contribution in [0.25, 0.3) is 38.4 Å². The van der Waals surface area contributed by atoms with Crippen LogP contribution >= 0.6 is 0 Å². The van der Waals surface area contributed by atoms with Gasteiger partial charge in [0.1, 0.15) is 5.76 Å². The van der Waals surface area contributed by atoms with Gasteiger partial charge in [-0.15, -0.1) is 0 Å². The van der Waals surface area contributed by atoms with Gasteiger partial charge >= 0.3 is 0 Å². The van der Waals surface area contributed by atoms with Gasteiger partial charge < -0.3 is 9.32 Å². The predicted octanol–water partition coefficient (Wildman–Crippen LogP) is 15.9. The molecule has 2 aliphatic rings. The zero-order chi connectivity index (χ0) is 39.6. The molecule has 7 aromatic rings. The normalized spacial score (nSPS) is 17.9. The van der Waals surface area contributed by atoms with Gasteiger partial charge in [-0.05, 0) is 114 Å². The molecule has 0 saturated carbocycles. The molecule has 1 heterocycles. The number of benzene rings is 6. The van der Waals surface area contributed by atoms with E-state index in [-0.39, 0.29) is 11.3 Å². The second-order valence-corrected chi connectivity index (χ2v) is 15.6. The van der Waals surface area contributed by atoms with Gasteiger partial charge in [0.25, 0.3) is 0 Å². The van der Waals surface area contributed by atoms with E-state index in [1.165, 1.54) is 60.7 Å². The van der Waals surface area contributed by atoms with Crippen molar-refractivity contribution in [3.8, 4) is 11.1 Å². The fourth-order valence-electron chi connectivity index (χ4n) is 9.70. The molecule has 0 bridgehead atoms. The minimum Gasteiger partial charge on any atom is -0.454 e. The molecule has 0 saturated heterocycles. The lowest BCUT2D eigenvalue weighted by Crippen LogP contribution is -2.30. The van der Waals surface area contributed by atoms with Crippen molar-refractivity contribution >= 4 is 44.4 Å². The highest BCUT2D eigenvalue weighted by Gasteiger charge is 2.49. The molecule has 58 heavy (non-hydrogen) atoms. The number of anilines is 3. The Kier molecular flexibility index (Phi) is 10.0. The van der Waals surface area contributed by atoms with Gasteiger partial charge in [0.05, 0.1) is 5.69 Å². The molecule has 2 aliphatic carbocycles. The van der Waals surface area contributed by atoms with Crippen LogP contribution in [0.3, 0.4) is 0 Å². The summed E-state index contributed by atoms with van der Waals surface area (Å²) in [6.45, 7) is 10.8. The number of rotatable bonds is 11. The first-order valence-corrected chi connectivity index (χ1v) is 20.6. The van der Waals surface area contributed by atoms with Crippen molar-refractivity contribution in [2.45, 2.75) is 51.4 Å². The Bertz CT molecular complexity index is 2790. The highest BCUT2D eigenvalue weighted by Crippen LogP contribution is 2.62. The Morgan fingerprint density at radius 2 is 1.45 bits per heavy atom. The summed E-state index contributed by atoms with van der Waals surface area (Å²) in [5.74, 6) is 1.26. The van der Waals surface area contributed by atoms with E-state index >= 15 is 0 Å². The van der Waals surface area contributed by atoms with Crippen LogP contribution < -0.4 is 4.90 Å². The van der Waals surface area contributed by atoms with E-state index in [1.54, 1.807) is 0 Å². The lowest BCUT2D eigenvalue weighted by molar-refractivity contribution is 0.513. The maximum atomic E-state index is 7.42. The molecule has 0 spiro atoms. The first kappa shape index (κ1) is 37.0. The first-order chi connectivity index (χ1) is 28.5. The van der Waals surface area contributed by atoms with Gasteiger partial charge in [0.2, 0.25) is 0 Å². The third kappa shape index (κ3) is 6.30. The van der Waals surface area contributed by atoms with Gasteiger partial charge in [-0.3, -0.25) is 0 Å². The van der Waals surface area contributed by atoms with Crippen LogP contribution in [-0.2, 0) is 5.41 Å². The molecule has 9 rings (SSSR count). The van der Waals surface area contributed by atoms with Crippen LogP contribution in [0.1, 0.15) is 62.8 Å². The Balaban J connectivity index is 1.26. The van der Waals surface area contributed by atoms with Gasteiger partial charge in [-0.2, -0.15) is 0 Å². The van der Waals surface area contributed by atoms with Gasteiger partial charge in [-0.1, -0.05) is 171 Å². The van der Waals surface area contributed by atoms with Crippen LogP contribution in [0.15, 0.2) is 216 Å². The predicted molar refractivity (Wildman–Crippen MR) is 247 cm³/mol. The highest BCUT2D eigenvalue weighted by molar-refractivity contribution is 6.03. The topological polar surface area (TPSA) is 16.4 Å². The van der Waals surface area contributed by atoms with Crippen molar-refractivity contribution in [1.82, 2.24) is 0 Å². The number of allylic oxidation sites excluding steroid dienone is 11. The van der Waals surface area contributed by atoms with Crippen molar-refractivity contribution < 1.29 is 4.42 Å². The number of furan rings is 1. The van der Waals surface area contributed by atoms with E-state index in [2.05, 4.69) is 214 Å². The maximum Gasteiger partial charge on any atom is 0.159 e. The Morgan fingerprint density at radius 3 is 2.21 bits per heavy atom. The molecule has 2 atom stereocenters. The molecule has 2 nitrogen and oxygen atoms in total. The summed E-state index contributed by atoms with van der Waals surface area (Å²) < 4.78 is 7.42. The van der Waals surface area contributed by atoms with Crippen LogP contribution in [0.2, 0.25) is 0 Å². The quantitative estimate of drug-likeness (QED) is 0.122. The van der Waals surface area contributed by atoms with Crippen LogP contribution in [0, 0.1) is 0 Å². The van der Waals surface area contributed by atoms with Crippen molar-refractivity contribution in [2.24, 2.45) is 0 Å². The zero-order valence-electron chi connectivity index (χ0n) is 33.7. The van der Waals surface area contributed by atoms with Crippen LogP contribution in [-0.4, -0.2) is 0 Å². The molecule has 0 fully saturated rings. The maximum absolute atomic E-state index is 7.42. The number of fused-ring (bicyclic) bond motifs is 5. The van der Waals surface area contributed by atoms with Crippen molar-refractivity contribution in [1.29, 1.82) is 0 Å². The zero-order valence-corrected chi connectivity index (χ0v) is 33.7. The summed E-state index contributed by atoms with van der Waals surface area (Å²) in [6.07, 6.45) is 17.9. The monoisotopic (exact) mass is 751 g/mol. The average Bonchev–Trinajstić information content (AvgIpc) is 3.77. The van der Waals surface area contributed by atoms with Gasteiger partial charge in [0, 0.05) is 33.3 Å². The molecule has 0 radical (unpaired) electrons. The average molecular weight is 752 g/mol. The van der Waals surface area contributed by atoms with Crippen molar-refractivity contribution in [3.05, 3.63) is 228 Å². The fraction of sp³-hybridized carbons (Fsp3) is 0.143. The minimum absolute atomic E-state index is 0.252. The van der Waals surface area contributed by atoms with Crippen LogP contribution in [0.4, 0.5) is 17.1 Å². The van der Waals surface area contributed by atoms with E-state index in [9.17, 15) is 0 Å². The van der Waals surface area contributed by atoms with E-state index in [0.717, 1.165) is 47.7 Å². The summed E-state index contributed by atoms with van der Waals surface area (Å²) >= 11 is 0. The molecule has 2 heteroatoms. The standard InChI is InChI=1S/C56H49NO/c1-5-7-9-10-19-36-56(45-25-15-12-16-26-45)49(28-8-6-2)40(4)53-50(56)37-39(3)52-48-27-20-29-51(54(48)58-55(52)53)57(47-35-32-42-23-17-18-24-44(42)38-47)46-33-30-43(31-34-46)41-21-13-11-14-22-41/h5-18,20-35,38-39H,2,19,36-37H2,1,3-4H3/b7-5-,10-9-,28-8-/t39-,56?/m1/s1.